The van der Waals surface area contributed by atoms with Gasteiger partial charge in [0.2, 0.25) is 0 Å². The maximum atomic E-state index is 12.9. The molecular formula is C18H22F2N4O4. The number of carbonyl (C=O) groups excluding carboxylic acids is 1. The number of hydrogen-bond acceptors (Lipinski definition) is 6. The summed E-state index contributed by atoms with van der Waals surface area (Å²) in [5, 5.41) is 0. The van der Waals surface area contributed by atoms with Crippen LogP contribution in [0.5, 0.6) is 5.75 Å². The summed E-state index contributed by atoms with van der Waals surface area (Å²) < 4.78 is 30.6. The second-order valence-corrected chi connectivity index (χ2v) is 6.44. The lowest BCUT2D eigenvalue weighted by Crippen LogP contribution is -2.45. The fraction of sp³-hybridized carbons (Fsp3) is 0.389. The molecular weight excluding hydrogens is 374 g/mol. The van der Waals surface area contributed by atoms with Gasteiger partial charge < -0.3 is 10.5 Å². The summed E-state index contributed by atoms with van der Waals surface area (Å²) in [5.41, 5.74) is 4.98. The van der Waals surface area contributed by atoms with Gasteiger partial charge in [0.1, 0.15) is 17.1 Å². The first kappa shape index (κ1) is 21.3. The highest BCUT2D eigenvalue weighted by Gasteiger charge is 2.27. The number of hydrogen-bond donors (Lipinski definition) is 1. The van der Waals surface area contributed by atoms with Crippen molar-refractivity contribution in [2.45, 2.75) is 26.1 Å². The second-order valence-electron chi connectivity index (χ2n) is 6.44. The standard InChI is InChI=1S/C18H22F2N4O4/c1-10(14(25)13-15(21)23(3)18(27)24(4)16(13)26)22(2)9-11-5-7-12(8-6-11)28-17(19)20/h5-8,10,17H,9,21H2,1-4H3. The van der Waals surface area contributed by atoms with Crippen molar-refractivity contribution >= 4 is 11.6 Å². The Kier molecular flexibility index (Phi) is 6.34. The largest absolute Gasteiger partial charge is 0.435 e. The molecule has 0 aliphatic rings. The van der Waals surface area contributed by atoms with Gasteiger partial charge >= 0.3 is 12.3 Å². The predicted molar refractivity (Wildman–Crippen MR) is 99.7 cm³/mol. The summed E-state index contributed by atoms with van der Waals surface area (Å²) in [7, 11) is 4.33. The quantitative estimate of drug-likeness (QED) is 0.700. The SMILES string of the molecule is CC(C(=O)c1c(N)n(C)c(=O)n(C)c1=O)N(C)Cc1ccc(OC(F)F)cc1. The topological polar surface area (TPSA) is 99.6 Å². The highest BCUT2D eigenvalue weighted by molar-refractivity contribution is 6.03. The number of benzene rings is 1. The van der Waals surface area contributed by atoms with E-state index in [0.29, 0.717) is 6.54 Å². The minimum absolute atomic E-state index is 0.0343. The maximum absolute atomic E-state index is 12.9. The van der Waals surface area contributed by atoms with Crippen LogP contribution >= 0.6 is 0 Å². The van der Waals surface area contributed by atoms with Crippen LogP contribution in [0.1, 0.15) is 22.8 Å². The molecule has 0 radical (unpaired) electrons. The minimum atomic E-state index is -2.90. The number of nitrogens with two attached hydrogens (primary N) is 1. The lowest BCUT2D eigenvalue weighted by molar-refractivity contribution is -0.0498. The zero-order valence-corrected chi connectivity index (χ0v) is 16.0. The van der Waals surface area contributed by atoms with Crippen LogP contribution in [0, 0.1) is 0 Å². The summed E-state index contributed by atoms with van der Waals surface area (Å²) in [6.45, 7) is -0.977. The predicted octanol–water partition coefficient (Wildman–Crippen LogP) is 0.971. The van der Waals surface area contributed by atoms with E-state index in [1.54, 1.807) is 31.0 Å². The van der Waals surface area contributed by atoms with Crippen LogP contribution in [0.4, 0.5) is 14.6 Å². The molecule has 0 amide bonds. The first-order valence-electron chi connectivity index (χ1n) is 8.38. The highest BCUT2D eigenvalue weighted by Crippen LogP contribution is 2.17. The third-order valence-corrected chi connectivity index (χ3v) is 4.58. The van der Waals surface area contributed by atoms with E-state index in [9.17, 15) is 23.2 Å². The van der Waals surface area contributed by atoms with Crippen LogP contribution < -0.4 is 21.7 Å². The van der Waals surface area contributed by atoms with E-state index in [4.69, 9.17) is 5.73 Å². The number of nitrogen functional groups attached to an aromatic ring is 1. The van der Waals surface area contributed by atoms with E-state index in [2.05, 4.69) is 4.74 Å². The summed E-state index contributed by atoms with van der Waals surface area (Å²) >= 11 is 0. The average Bonchev–Trinajstić information content (AvgIpc) is 2.65. The minimum Gasteiger partial charge on any atom is -0.435 e. The molecule has 152 valence electrons. The van der Waals surface area contributed by atoms with Gasteiger partial charge in [0, 0.05) is 20.6 Å². The van der Waals surface area contributed by atoms with Crippen molar-refractivity contribution in [1.82, 2.24) is 14.0 Å². The van der Waals surface area contributed by atoms with E-state index >= 15 is 0 Å². The lowest BCUT2D eigenvalue weighted by atomic mass is 10.1. The first-order chi connectivity index (χ1) is 13.0. The molecule has 1 aromatic carbocycles. The van der Waals surface area contributed by atoms with Crippen molar-refractivity contribution in [3.05, 3.63) is 56.2 Å². The molecule has 0 fully saturated rings. The molecule has 1 aromatic heterocycles. The number of ketones is 1. The molecule has 0 spiro atoms. The van der Waals surface area contributed by atoms with Crippen molar-refractivity contribution in [2.75, 3.05) is 12.8 Å². The Morgan fingerprint density at radius 3 is 2.29 bits per heavy atom. The zero-order valence-electron chi connectivity index (χ0n) is 16.0. The number of nitrogens with zero attached hydrogens (tertiary/aromatic N) is 3. The number of alkyl halides is 2. The molecule has 0 bridgehead atoms. The van der Waals surface area contributed by atoms with Crippen LogP contribution in [0.15, 0.2) is 33.9 Å². The molecule has 8 nitrogen and oxygen atoms in total. The Morgan fingerprint density at radius 2 is 1.75 bits per heavy atom. The number of carbonyl (C=O) groups is 1. The van der Waals surface area contributed by atoms with Gasteiger partial charge in [-0.05, 0) is 31.7 Å². The Morgan fingerprint density at radius 1 is 1.18 bits per heavy atom. The van der Waals surface area contributed by atoms with Gasteiger partial charge in [-0.15, -0.1) is 0 Å². The summed E-state index contributed by atoms with van der Waals surface area (Å²) in [4.78, 5) is 38.8. The molecule has 0 saturated carbocycles. The number of ether oxygens (including phenoxy) is 1. The van der Waals surface area contributed by atoms with Crippen LogP contribution in [-0.4, -0.2) is 39.5 Å². The van der Waals surface area contributed by atoms with Crippen molar-refractivity contribution in [1.29, 1.82) is 0 Å². The van der Waals surface area contributed by atoms with E-state index < -0.39 is 29.7 Å². The van der Waals surface area contributed by atoms with Crippen LogP contribution in [0.2, 0.25) is 0 Å². The zero-order chi connectivity index (χ0) is 21.2. The van der Waals surface area contributed by atoms with Crippen molar-refractivity contribution in [3.63, 3.8) is 0 Å². The second kappa shape index (κ2) is 8.34. The molecule has 1 unspecified atom stereocenters. The molecule has 1 atom stereocenters. The molecule has 0 saturated heterocycles. The fourth-order valence-corrected chi connectivity index (χ4v) is 2.70. The van der Waals surface area contributed by atoms with E-state index in [0.717, 1.165) is 14.7 Å². The highest BCUT2D eigenvalue weighted by atomic mass is 19.3. The van der Waals surface area contributed by atoms with Gasteiger partial charge in [-0.1, -0.05) is 12.1 Å². The normalized spacial score (nSPS) is 12.4. The van der Waals surface area contributed by atoms with Crippen molar-refractivity contribution in [2.24, 2.45) is 14.1 Å². The molecule has 10 heteroatoms. The molecule has 2 rings (SSSR count). The molecule has 1 heterocycles. The number of Topliss-reactive ketones (excluding diaryl/α,β-unsaturated/α-hetero) is 1. The third-order valence-electron chi connectivity index (χ3n) is 4.58. The molecule has 0 aliphatic carbocycles. The fourth-order valence-electron chi connectivity index (χ4n) is 2.70. The first-order valence-corrected chi connectivity index (χ1v) is 8.38. The van der Waals surface area contributed by atoms with Crippen molar-refractivity contribution in [3.8, 4) is 5.75 Å². The Labute approximate surface area is 159 Å². The average molecular weight is 396 g/mol. The lowest BCUT2D eigenvalue weighted by Gasteiger charge is -2.24. The van der Waals surface area contributed by atoms with Gasteiger partial charge in [-0.2, -0.15) is 8.78 Å². The van der Waals surface area contributed by atoms with Crippen LogP contribution in [-0.2, 0) is 20.6 Å². The molecule has 2 N–H and O–H groups in total. The number of likely N-dealkylation sites (N-methyl/N-ethyl adjacent to an activating group) is 1. The number of aromatic nitrogens is 2. The molecule has 2 aromatic rings. The van der Waals surface area contributed by atoms with E-state index in [1.165, 1.54) is 26.2 Å². The third kappa shape index (κ3) is 4.28. The summed E-state index contributed by atoms with van der Waals surface area (Å²) in [5.74, 6) is -0.673. The van der Waals surface area contributed by atoms with Gasteiger partial charge in [0.05, 0.1) is 6.04 Å². The number of rotatable bonds is 7. The molecule has 0 aliphatic heterocycles. The number of halogens is 2. The maximum Gasteiger partial charge on any atom is 0.387 e. The van der Waals surface area contributed by atoms with E-state index in [1.807, 2.05) is 0 Å². The molecule has 28 heavy (non-hydrogen) atoms. The Balaban J connectivity index is 2.22. The Bertz CT molecular complexity index is 983. The van der Waals surface area contributed by atoms with Gasteiger partial charge in [0.15, 0.2) is 5.78 Å². The van der Waals surface area contributed by atoms with Gasteiger partial charge in [-0.25, -0.2) is 4.79 Å². The van der Waals surface area contributed by atoms with Crippen LogP contribution in [0.3, 0.4) is 0 Å². The summed E-state index contributed by atoms with van der Waals surface area (Å²) in [6.07, 6.45) is 0. The monoisotopic (exact) mass is 396 g/mol. The summed E-state index contributed by atoms with van der Waals surface area (Å²) in [6, 6.07) is 5.30. The smallest absolute Gasteiger partial charge is 0.387 e. The number of anilines is 1. The van der Waals surface area contributed by atoms with Crippen LogP contribution in [0.25, 0.3) is 0 Å². The Hall–Kier alpha value is -3.01. The van der Waals surface area contributed by atoms with Gasteiger partial charge in [0.25, 0.3) is 5.56 Å². The van der Waals surface area contributed by atoms with Gasteiger partial charge in [-0.3, -0.25) is 23.6 Å². The van der Waals surface area contributed by atoms with Crippen molar-refractivity contribution < 1.29 is 18.3 Å². The van der Waals surface area contributed by atoms with E-state index in [-0.39, 0.29) is 17.1 Å².